The van der Waals surface area contributed by atoms with Gasteiger partial charge in [-0.1, -0.05) is 18.2 Å². The van der Waals surface area contributed by atoms with Gasteiger partial charge < -0.3 is 20.1 Å². The third-order valence-electron chi connectivity index (χ3n) is 5.45. The summed E-state index contributed by atoms with van der Waals surface area (Å²) in [6, 6.07) is 6.87. The maximum absolute atomic E-state index is 15.1. The topological polar surface area (TPSA) is 127 Å². The maximum atomic E-state index is 15.1. The minimum Gasteiger partial charge on any atom is -0.424 e. The van der Waals surface area contributed by atoms with Gasteiger partial charge in [0.2, 0.25) is 0 Å². The molecule has 15 heteroatoms. The molecule has 4 heterocycles. The number of rotatable bonds is 5. The quantitative estimate of drug-likeness (QED) is 0.502. The molecule has 3 N–H and O–H groups in total. The van der Waals surface area contributed by atoms with Crippen LogP contribution >= 0.6 is 6.72 Å². The third-order valence-corrected chi connectivity index (χ3v) is 7.62. The molecule has 5 rings (SSSR count). The van der Waals surface area contributed by atoms with E-state index in [2.05, 4.69) is 15.0 Å². The van der Waals surface area contributed by atoms with Crippen molar-refractivity contribution in [3.05, 3.63) is 42.5 Å². The zero-order chi connectivity index (χ0) is 23.4. The monoisotopic (exact) mass is 503 g/mol. The maximum Gasteiger partial charge on any atom is 0.381 e. The van der Waals surface area contributed by atoms with Crippen LogP contribution in [0.4, 0.5) is 19.0 Å². The van der Waals surface area contributed by atoms with E-state index < -0.39 is 43.9 Å². The average molecular weight is 503 g/mol. The number of aliphatic hydroxyl groups is 1. The lowest BCUT2D eigenvalue weighted by Gasteiger charge is -2.34. The fraction of sp³-hybridized carbons (Fsp3) is 0.389. The molecule has 2 aromatic heterocycles. The smallest absolute Gasteiger partial charge is 0.381 e. The van der Waals surface area contributed by atoms with E-state index in [1.807, 2.05) is 0 Å². The Hall–Kier alpha value is -2.35. The van der Waals surface area contributed by atoms with Gasteiger partial charge in [-0.2, -0.15) is 0 Å². The van der Waals surface area contributed by atoms with Crippen molar-refractivity contribution in [2.24, 2.45) is 0 Å². The summed E-state index contributed by atoms with van der Waals surface area (Å²) in [5.74, 6) is 0.412. The second kappa shape index (κ2) is 8.15. The van der Waals surface area contributed by atoms with E-state index in [9.17, 15) is 13.9 Å². The molecule has 5 atom stereocenters. The molecule has 3 aromatic rings. The average Bonchev–Trinajstić information content (AvgIpc) is 3.33. The van der Waals surface area contributed by atoms with Crippen LogP contribution in [0.15, 0.2) is 36.9 Å². The van der Waals surface area contributed by atoms with Crippen molar-refractivity contribution >= 4 is 35.5 Å². The predicted octanol–water partition coefficient (Wildman–Crippen LogP) is 2.49. The summed E-state index contributed by atoms with van der Waals surface area (Å²) in [6.45, 7) is -4.45. The van der Waals surface area contributed by atoms with E-state index in [0.717, 1.165) is 17.2 Å². The molecule has 0 aliphatic carbocycles. The van der Waals surface area contributed by atoms with Crippen molar-refractivity contribution < 1.29 is 36.6 Å². The number of aliphatic hydroxyl groups excluding tert-OH is 1. The van der Waals surface area contributed by atoms with Crippen molar-refractivity contribution in [2.45, 2.75) is 37.1 Å². The largest absolute Gasteiger partial charge is 0.424 e. The fourth-order valence-electron chi connectivity index (χ4n) is 3.67. The first-order valence-corrected chi connectivity index (χ1v) is 12.2. The molecule has 2 aliphatic rings. The lowest BCUT2D eigenvalue weighted by atomic mass is 9.97. The normalized spacial score (nSPS) is 31.6. The second-order valence-electron chi connectivity index (χ2n) is 7.43. The summed E-state index contributed by atoms with van der Waals surface area (Å²) >= 11 is 5.28. The Morgan fingerprint density at radius 3 is 2.91 bits per heavy atom. The summed E-state index contributed by atoms with van der Waals surface area (Å²) in [7, 11) is 0. The van der Waals surface area contributed by atoms with Crippen LogP contribution < -0.4 is 10.3 Å². The number of nitrogen functional groups attached to an aromatic ring is 1. The Balaban J connectivity index is 1.42. The molecule has 1 aromatic carbocycles. The van der Waals surface area contributed by atoms with Crippen LogP contribution in [-0.2, 0) is 32.2 Å². The number of anilines is 1. The summed E-state index contributed by atoms with van der Waals surface area (Å²) < 4.78 is 66.6. The number of halogens is 3. The molecule has 176 valence electrons. The minimum absolute atomic E-state index is 0.0147. The van der Waals surface area contributed by atoms with Crippen LogP contribution in [0.5, 0.6) is 5.75 Å². The first-order chi connectivity index (χ1) is 15.7. The Morgan fingerprint density at radius 1 is 1.33 bits per heavy atom. The number of aromatic nitrogens is 4. The molecule has 33 heavy (non-hydrogen) atoms. The van der Waals surface area contributed by atoms with Crippen molar-refractivity contribution in [1.29, 1.82) is 0 Å². The number of fused-ring (bicyclic) bond motifs is 2. The molecule has 0 bridgehead atoms. The van der Waals surface area contributed by atoms with E-state index in [-0.39, 0.29) is 23.6 Å². The van der Waals surface area contributed by atoms with E-state index in [4.69, 9.17) is 35.8 Å². The van der Waals surface area contributed by atoms with Gasteiger partial charge in [0, 0.05) is 17.4 Å². The number of ether oxygens (including phenoxy) is 1. The lowest BCUT2D eigenvalue weighted by Crippen LogP contribution is -2.52. The van der Waals surface area contributed by atoms with Gasteiger partial charge >= 0.3 is 6.72 Å². The van der Waals surface area contributed by atoms with Crippen LogP contribution in [-0.4, -0.2) is 55.5 Å². The summed E-state index contributed by atoms with van der Waals surface area (Å²) in [5, 5.41) is 10.5. The zero-order valence-corrected chi connectivity index (χ0v) is 18.3. The predicted molar refractivity (Wildman–Crippen MR) is 112 cm³/mol. The highest BCUT2D eigenvalue weighted by Gasteiger charge is 2.62. The molecular formula is C18H17F3N5O5PS. The number of imidazole rings is 1. The molecular weight excluding hydrogens is 486 g/mol. The molecule has 1 unspecified atom stereocenters. The summed E-state index contributed by atoms with van der Waals surface area (Å²) in [6.07, 6.45) is -7.34. The van der Waals surface area contributed by atoms with Crippen LogP contribution in [0.1, 0.15) is 11.8 Å². The van der Waals surface area contributed by atoms with E-state index in [0.29, 0.717) is 11.3 Å². The fourth-order valence-corrected chi connectivity index (χ4v) is 5.48. The molecule has 0 spiro atoms. The van der Waals surface area contributed by atoms with Crippen molar-refractivity contribution in [1.82, 2.24) is 19.5 Å². The number of hydrogen-bond acceptors (Lipinski definition) is 10. The van der Waals surface area contributed by atoms with Crippen molar-refractivity contribution in [3.63, 3.8) is 0 Å². The van der Waals surface area contributed by atoms with Gasteiger partial charge in [0.1, 0.15) is 23.7 Å². The van der Waals surface area contributed by atoms with Gasteiger partial charge in [-0.05, 0) is 6.07 Å². The Morgan fingerprint density at radius 2 is 2.12 bits per heavy atom. The molecule has 0 saturated carbocycles. The third kappa shape index (κ3) is 3.66. The summed E-state index contributed by atoms with van der Waals surface area (Å²) in [5.41, 5.74) is 3.86. The highest BCUT2D eigenvalue weighted by Crippen LogP contribution is 2.56. The Kier molecular flexibility index (Phi) is 5.54. The second-order valence-corrected chi connectivity index (χ2v) is 10.4. The zero-order valence-electron chi connectivity index (χ0n) is 16.6. The van der Waals surface area contributed by atoms with E-state index >= 15 is 4.39 Å². The first kappa shape index (κ1) is 22.4. The van der Waals surface area contributed by atoms with Crippen LogP contribution in [0.3, 0.4) is 0 Å². The number of alkyl halides is 3. The Labute approximate surface area is 189 Å². The Bertz CT molecular complexity index is 1250. The molecule has 1 saturated heterocycles. The number of nitrogens with zero attached hydrogens (tertiary/aromatic N) is 4. The summed E-state index contributed by atoms with van der Waals surface area (Å²) in [4.78, 5) is 11.7. The number of hydrogen-bond donors (Lipinski definition) is 2. The van der Waals surface area contributed by atoms with Gasteiger partial charge in [-0.15, -0.1) is 0 Å². The van der Waals surface area contributed by atoms with Gasteiger partial charge in [-0.25, -0.2) is 28.1 Å². The van der Waals surface area contributed by atoms with E-state index in [1.165, 1.54) is 0 Å². The van der Waals surface area contributed by atoms with Crippen LogP contribution in [0.2, 0.25) is 0 Å². The van der Waals surface area contributed by atoms with Crippen molar-refractivity contribution in [2.75, 3.05) is 12.3 Å². The van der Waals surface area contributed by atoms with Crippen LogP contribution in [0, 0.1) is 0 Å². The molecule has 10 nitrogen and oxygen atoms in total. The SMILES string of the molecule is Nc1ncnc2c1ncn2[C@@H]1O[C@@](COP2(=S)OCc3ccccc3O2)(C(F)F)[C@@H](O)[C@@H]1F. The van der Waals surface area contributed by atoms with Gasteiger partial charge in [-0.3, -0.25) is 13.6 Å². The van der Waals surface area contributed by atoms with E-state index in [1.54, 1.807) is 24.3 Å². The number of benzene rings is 1. The minimum atomic E-state index is -3.52. The molecule has 0 radical (unpaired) electrons. The number of para-hydroxylation sites is 1. The first-order valence-electron chi connectivity index (χ1n) is 9.62. The highest BCUT2D eigenvalue weighted by molar-refractivity contribution is 8.07. The highest BCUT2D eigenvalue weighted by atomic mass is 32.5. The van der Waals surface area contributed by atoms with Gasteiger partial charge in [0.15, 0.2) is 29.5 Å². The van der Waals surface area contributed by atoms with Gasteiger partial charge in [0.25, 0.3) is 6.43 Å². The molecule has 2 aliphatic heterocycles. The van der Waals surface area contributed by atoms with Crippen LogP contribution in [0.25, 0.3) is 11.2 Å². The lowest BCUT2D eigenvalue weighted by molar-refractivity contribution is -0.192. The molecule has 1 fully saturated rings. The number of nitrogens with two attached hydrogens (primary N) is 1. The molecule has 0 amide bonds. The van der Waals surface area contributed by atoms with Crippen molar-refractivity contribution in [3.8, 4) is 5.75 Å². The standard InChI is InChI=1S/C18H17F3N5O5PS/c19-11-13(27)18(17(20)21,6-29-32(33)28-5-9-3-1-2-4-10(9)31-32)30-16(11)26-8-25-12-14(22)23-7-24-15(12)26/h1-4,7-8,11,13,16-17,27H,5-6H2,(H2,22,23,24)/t11-,13-,16+,18+,32?/m0/s1. The van der Waals surface area contributed by atoms with Gasteiger partial charge in [0.05, 0.1) is 19.5 Å².